The van der Waals surface area contributed by atoms with Crippen molar-refractivity contribution in [3.63, 3.8) is 0 Å². The SMILES string of the molecule is C#CCCSc1nnc(C(=O)OCC)c(Cl)n1. The Morgan fingerprint density at radius 3 is 2.94 bits per heavy atom. The zero-order valence-electron chi connectivity index (χ0n) is 9.14. The highest BCUT2D eigenvalue weighted by molar-refractivity contribution is 7.99. The lowest BCUT2D eigenvalue weighted by Crippen LogP contribution is -2.10. The minimum atomic E-state index is -0.627. The van der Waals surface area contributed by atoms with Crippen molar-refractivity contribution in [3.05, 3.63) is 10.8 Å². The number of thioether (sulfide) groups is 1. The summed E-state index contributed by atoms with van der Waals surface area (Å²) in [5.41, 5.74) is -0.0742. The molecular formula is C10H10ClN3O2S. The number of carbonyl (C=O) groups excluding carboxylic acids is 1. The molecule has 7 heteroatoms. The molecule has 1 aromatic heterocycles. The average molecular weight is 272 g/mol. The van der Waals surface area contributed by atoms with Crippen LogP contribution in [0.25, 0.3) is 0 Å². The summed E-state index contributed by atoms with van der Waals surface area (Å²) in [4.78, 5) is 15.3. The molecule has 1 aromatic rings. The van der Waals surface area contributed by atoms with E-state index in [4.69, 9.17) is 22.8 Å². The smallest absolute Gasteiger partial charge is 0.362 e. The quantitative estimate of drug-likeness (QED) is 0.352. The van der Waals surface area contributed by atoms with E-state index in [2.05, 4.69) is 21.1 Å². The van der Waals surface area contributed by atoms with Crippen LogP contribution in [0.2, 0.25) is 5.15 Å². The van der Waals surface area contributed by atoms with Gasteiger partial charge in [-0.25, -0.2) is 9.78 Å². The molecule has 0 saturated carbocycles. The van der Waals surface area contributed by atoms with E-state index >= 15 is 0 Å². The van der Waals surface area contributed by atoms with Crippen LogP contribution in [0.1, 0.15) is 23.8 Å². The topological polar surface area (TPSA) is 65.0 Å². The number of aromatic nitrogens is 3. The third-order valence-electron chi connectivity index (χ3n) is 1.57. The van der Waals surface area contributed by atoms with Crippen molar-refractivity contribution >= 4 is 29.3 Å². The maximum Gasteiger partial charge on any atom is 0.362 e. The zero-order chi connectivity index (χ0) is 12.7. The van der Waals surface area contributed by atoms with Crippen LogP contribution < -0.4 is 0 Å². The van der Waals surface area contributed by atoms with E-state index in [1.54, 1.807) is 6.92 Å². The third-order valence-corrected chi connectivity index (χ3v) is 2.67. The molecule has 0 fully saturated rings. The van der Waals surface area contributed by atoms with Gasteiger partial charge < -0.3 is 4.74 Å². The molecule has 0 aromatic carbocycles. The van der Waals surface area contributed by atoms with Crippen molar-refractivity contribution < 1.29 is 9.53 Å². The second-order valence-corrected chi connectivity index (χ2v) is 4.18. The first-order chi connectivity index (χ1) is 8.19. The highest BCUT2D eigenvalue weighted by Crippen LogP contribution is 2.17. The molecule has 0 N–H and O–H groups in total. The van der Waals surface area contributed by atoms with Crippen molar-refractivity contribution in [3.8, 4) is 12.3 Å². The van der Waals surface area contributed by atoms with Gasteiger partial charge >= 0.3 is 5.97 Å². The number of terminal acetylenes is 1. The molecule has 0 saturated heterocycles. The second-order valence-electron chi connectivity index (χ2n) is 2.76. The number of hydrogen-bond donors (Lipinski definition) is 0. The highest BCUT2D eigenvalue weighted by atomic mass is 35.5. The van der Waals surface area contributed by atoms with Crippen molar-refractivity contribution in [2.24, 2.45) is 0 Å². The normalized spacial score (nSPS) is 9.71. The van der Waals surface area contributed by atoms with Crippen LogP contribution in [0.15, 0.2) is 5.16 Å². The molecule has 90 valence electrons. The predicted molar refractivity (Wildman–Crippen MR) is 65.0 cm³/mol. The van der Waals surface area contributed by atoms with Crippen molar-refractivity contribution in [2.45, 2.75) is 18.5 Å². The fourth-order valence-electron chi connectivity index (χ4n) is 0.880. The Balaban J connectivity index is 2.72. The summed E-state index contributed by atoms with van der Waals surface area (Å²) in [5, 5.41) is 7.82. The Hall–Kier alpha value is -1.32. The van der Waals surface area contributed by atoms with Gasteiger partial charge in [-0.2, -0.15) is 0 Å². The number of nitrogens with zero attached hydrogens (tertiary/aromatic N) is 3. The van der Waals surface area contributed by atoms with E-state index < -0.39 is 5.97 Å². The number of esters is 1. The Morgan fingerprint density at radius 1 is 1.59 bits per heavy atom. The minimum absolute atomic E-state index is 0.0124. The number of ether oxygens (including phenoxy) is 1. The molecule has 0 amide bonds. The van der Waals surface area contributed by atoms with Gasteiger partial charge in [-0.1, -0.05) is 23.4 Å². The van der Waals surface area contributed by atoms with Crippen LogP contribution in [0.4, 0.5) is 0 Å². The zero-order valence-corrected chi connectivity index (χ0v) is 10.7. The van der Waals surface area contributed by atoms with Gasteiger partial charge in [-0.3, -0.25) is 0 Å². The Kier molecular flexibility index (Phi) is 5.73. The van der Waals surface area contributed by atoms with E-state index in [0.29, 0.717) is 17.3 Å². The van der Waals surface area contributed by atoms with Crippen LogP contribution in [-0.2, 0) is 4.74 Å². The molecule has 0 atom stereocenters. The number of carbonyl (C=O) groups is 1. The van der Waals surface area contributed by atoms with Crippen molar-refractivity contribution in [2.75, 3.05) is 12.4 Å². The molecule has 0 unspecified atom stereocenters. The monoisotopic (exact) mass is 271 g/mol. The standard InChI is InChI=1S/C10H10ClN3O2S/c1-3-5-6-17-10-12-8(11)7(13-14-10)9(15)16-4-2/h1H,4-6H2,2H3. The molecule has 0 spiro atoms. The van der Waals surface area contributed by atoms with Gasteiger partial charge in [0.25, 0.3) is 0 Å². The summed E-state index contributed by atoms with van der Waals surface area (Å²) < 4.78 is 4.75. The third kappa shape index (κ3) is 4.21. The van der Waals surface area contributed by atoms with Crippen LogP contribution in [-0.4, -0.2) is 33.5 Å². The van der Waals surface area contributed by atoms with Crippen molar-refractivity contribution in [1.29, 1.82) is 0 Å². The molecule has 1 rings (SSSR count). The van der Waals surface area contributed by atoms with E-state index in [1.165, 1.54) is 11.8 Å². The first-order valence-electron chi connectivity index (χ1n) is 4.82. The number of hydrogen-bond acceptors (Lipinski definition) is 6. The van der Waals surface area contributed by atoms with Crippen molar-refractivity contribution in [1.82, 2.24) is 15.2 Å². The van der Waals surface area contributed by atoms with Crippen LogP contribution in [0.5, 0.6) is 0 Å². The number of halogens is 1. The van der Waals surface area contributed by atoms with E-state index in [9.17, 15) is 4.79 Å². The summed E-state index contributed by atoms with van der Waals surface area (Å²) in [5.74, 6) is 2.54. The maximum atomic E-state index is 11.4. The lowest BCUT2D eigenvalue weighted by molar-refractivity contribution is 0.0517. The van der Waals surface area contributed by atoms with E-state index in [-0.39, 0.29) is 17.5 Å². The Morgan fingerprint density at radius 2 is 2.35 bits per heavy atom. The maximum absolute atomic E-state index is 11.4. The largest absolute Gasteiger partial charge is 0.461 e. The van der Waals surface area contributed by atoms with Gasteiger partial charge in [0.2, 0.25) is 10.9 Å². The summed E-state index contributed by atoms with van der Waals surface area (Å²) in [6, 6.07) is 0. The number of rotatable bonds is 5. The molecule has 0 aliphatic rings. The van der Waals surface area contributed by atoms with Gasteiger partial charge in [0.05, 0.1) is 6.61 Å². The van der Waals surface area contributed by atoms with Gasteiger partial charge in [0.1, 0.15) is 0 Å². The summed E-state index contributed by atoms with van der Waals surface area (Å²) in [6.07, 6.45) is 5.72. The van der Waals surface area contributed by atoms with Crippen LogP contribution >= 0.6 is 23.4 Å². The van der Waals surface area contributed by atoms with Gasteiger partial charge in [-0.15, -0.1) is 22.5 Å². The van der Waals surface area contributed by atoms with E-state index in [1.807, 2.05) is 0 Å². The molecule has 0 aliphatic heterocycles. The highest BCUT2D eigenvalue weighted by Gasteiger charge is 2.16. The lowest BCUT2D eigenvalue weighted by Gasteiger charge is -2.02. The lowest BCUT2D eigenvalue weighted by atomic mass is 10.5. The fourth-order valence-corrected chi connectivity index (χ4v) is 1.78. The molecule has 5 nitrogen and oxygen atoms in total. The van der Waals surface area contributed by atoms with Crippen LogP contribution in [0, 0.1) is 12.3 Å². The Bertz CT molecular complexity index is 448. The van der Waals surface area contributed by atoms with Crippen LogP contribution in [0.3, 0.4) is 0 Å². The second kappa shape index (κ2) is 7.09. The fraction of sp³-hybridized carbons (Fsp3) is 0.400. The molecule has 0 bridgehead atoms. The minimum Gasteiger partial charge on any atom is -0.461 e. The van der Waals surface area contributed by atoms with Gasteiger partial charge in [0.15, 0.2) is 5.15 Å². The Labute approximate surface area is 108 Å². The molecular weight excluding hydrogens is 262 g/mol. The molecule has 17 heavy (non-hydrogen) atoms. The average Bonchev–Trinajstić information content (AvgIpc) is 2.29. The first-order valence-corrected chi connectivity index (χ1v) is 6.19. The summed E-state index contributed by atoms with van der Waals surface area (Å²) >= 11 is 7.13. The van der Waals surface area contributed by atoms with Gasteiger partial charge in [-0.05, 0) is 6.92 Å². The molecule has 0 radical (unpaired) electrons. The summed E-state index contributed by atoms with van der Waals surface area (Å²) in [6.45, 7) is 1.94. The first kappa shape index (κ1) is 13.7. The van der Waals surface area contributed by atoms with Gasteiger partial charge in [0, 0.05) is 12.2 Å². The summed E-state index contributed by atoms with van der Waals surface area (Å²) in [7, 11) is 0. The van der Waals surface area contributed by atoms with E-state index in [0.717, 1.165) is 0 Å². The molecule has 1 heterocycles. The molecule has 0 aliphatic carbocycles. The predicted octanol–water partition coefficient (Wildman–Crippen LogP) is 1.82.